The monoisotopic (exact) mass is 269 g/mol. The quantitative estimate of drug-likeness (QED) is 0.782. The smallest absolute Gasteiger partial charge is 0.163 e. The number of hydrogen-bond donors (Lipinski definition) is 1. The molecule has 4 heteroatoms. The third-order valence-electron chi connectivity index (χ3n) is 3.06. The topological polar surface area (TPSA) is 37.8 Å². The van der Waals surface area contributed by atoms with E-state index in [0.29, 0.717) is 0 Å². The molecule has 3 nitrogen and oxygen atoms in total. The minimum Gasteiger partial charge on any atom is -0.372 e. The summed E-state index contributed by atoms with van der Waals surface area (Å²) in [6.45, 7) is 2.16. The summed E-state index contributed by atoms with van der Waals surface area (Å²) >= 11 is 1.74. The second kappa shape index (κ2) is 4.97. The van der Waals surface area contributed by atoms with E-state index in [2.05, 4.69) is 23.3 Å². The molecule has 0 saturated carbocycles. The minimum absolute atomic E-state index is 0.780. The van der Waals surface area contributed by atoms with Crippen LogP contribution in [0.2, 0.25) is 0 Å². The number of anilines is 1. The Morgan fingerprint density at radius 3 is 2.63 bits per heavy atom. The van der Waals surface area contributed by atoms with E-state index in [1.54, 1.807) is 11.3 Å². The van der Waals surface area contributed by atoms with Crippen molar-refractivity contribution in [2.24, 2.45) is 0 Å². The first-order chi connectivity index (χ1) is 9.31. The molecule has 0 aliphatic heterocycles. The Morgan fingerprint density at radius 1 is 1.16 bits per heavy atom. The van der Waals surface area contributed by atoms with Gasteiger partial charge >= 0.3 is 0 Å². The zero-order chi connectivity index (χ0) is 13.2. The van der Waals surface area contributed by atoms with Gasteiger partial charge in [-0.15, -0.1) is 11.3 Å². The Bertz CT molecular complexity index is 704. The number of hydrogen-bond acceptors (Lipinski definition) is 4. The van der Waals surface area contributed by atoms with E-state index in [0.717, 1.165) is 33.8 Å². The number of rotatable bonds is 3. The number of benzene rings is 1. The molecule has 0 aliphatic rings. The maximum atomic E-state index is 4.69. The molecule has 0 unspecified atom stereocenters. The molecule has 3 rings (SSSR count). The number of nitrogens with zero attached hydrogens (tertiary/aromatic N) is 2. The van der Waals surface area contributed by atoms with Crippen molar-refractivity contribution in [2.75, 3.05) is 12.4 Å². The van der Waals surface area contributed by atoms with Crippen LogP contribution in [0.5, 0.6) is 0 Å². The molecule has 0 amide bonds. The van der Waals surface area contributed by atoms with Crippen LogP contribution < -0.4 is 5.32 Å². The van der Waals surface area contributed by atoms with Crippen LogP contribution in [0.25, 0.3) is 21.6 Å². The molecular formula is C15H15N3S. The Balaban J connectivity index is 2.22. The lowest BCUT2D eigenvalue weighted by Crippen LogP contribution is -1.96. The predicted octanol–water partition coefficient (Wildman–Crippen LogP) is 3.96. The highest BCUT2D eigenvalue weighted by Crippen LogP contribution is 2.31. The number of nitrogens with one attached hydrogen (secondary N) is 1. The lowest BCUT2D eigenvalue weighted by Gasteiger charge is -2.05. The zero-order valence-corrected chi connectivity index (χ0v) is 11.8. The fraction of sp³-hybridized carbons (Fsp3) is 0.200. The van der Waals surface area contributed by atoms with Gasteiger partial charge in [0.15, 0.2) is 5.82 Å². The van der Waals surface area contributed by atoms with Gasteiger partial charge in [0.25, 0.3) is 0 Å². The van der Waals surface area contributed by atoms with Crippen LogP contribution in [0, 0.1) is 0 Å². The fourth-order valence-electron chi connectivity index (χ4n) is 2.05. The zero-order valence-electron chi connectivity index (χ0n) is 11.0. The van der Waals surface area contributed by atoms with Gasteiger partial charge in [-0.1, -0.05) is 37.3 Å². The summed E-state index contributed by atoms with van der Waals surface area (Å²) in [6, 6.07) is 12.3. The van der Waals surface area contributed by atoms with Gasteiger partial charge in [-0.05, 0) is 12.5 Å². The van der Waals surface area contributed by atoms with Crippen molar-refractivity contribution in [2.45, 2.75) is 13.3 Å². The lowest BCUT2D eigenvalue weighted by atomic mass is 10.2. The van der Waals surface area contributed by atoms with Crippen LogP contribution in [0.4, 0.5) is 5.82 Å². The van der Waals surface area contributed by atoms with Crippen molar-refractivity contribution < 1.29 is 0 Å². The third-order valence-corrected chi connectivity index (χ3v) is 4.23. The van der Waals surface area contributed by atoms with E-state index >= 15 is 0 Å². The Morgan fingerprint density at radius 2 is 1.95 bits per heavy atom. The number of aromatic nitrogens is 2. The normalized spacial score (nSPS) is 10.8. The molecule has 1 aromatic carbocycles. The molecule has 0 saturated heterocycles. The summed E-state index contributed by atoms with van der Waals surface area (Å²) in [5, 5.41) is 4.29. The predicted molar refractivity (Wildman–Crippen MR) is 81.8 cm³/mol. The molecule has 2 heterocycles. The van der Waals surface area contributed by atoms with E-state index in [9.17, 15) is 0 Å². The van der Waals surface area contributed by atoms with E-state index in [4.69, 9.17) is 4.98 Å². The van der Waals surface area contributed by atoms with Gasteiger partial charge in [0.2, 0.25) is 0 Å². The number of aryl methyl sites for hydroxylation is 1. The summed E-state index contributed by atoms with van der Waals surface area (Å²) in [5.41, 5.74) is 1.05. The molecule has 0 radical (unpaired) electrons. The average molecular weight is 269 g/mol. The molecule has 0 fully saturated rings. The first-order valence-corrected chi connectivity index (χ1v) is 7.17. The van der Waals surface area contributed by atoms with Crippen LogP contribution in [0.15, 0.2) is 36.4 Å². The lowest BCUT2D eigenvalue weighted by molar-refractivity contribution is 1.19. The van der Waals surface area contributed by atoms with Crippen molar-refractivity contribution in [3.63, 3.8) is 0 Å². The van der Waals surface area contributed by atoms with Gasteiger partial charge in [-0.25, -0.2) is 9.97 Å². The van der Waals surface area contributed by atoms with Gasteiger partial charge in [-0.2, -0.15) is 0 Å². The summed E-state index contributed by atoms with van der Waals surface area (Å²) in [4.78, 5) is 11.7. The molecular weight excluding hydrogens is 254 g/mol. The molecule has 3 aromatic rings. The van der Waals surface area contributed by atoms with Crippen LogP contribution in [-0.4, -0.2) is 17.0 Å². The van der Waals surface area contributed by atoms with Crippen molar-refractivity contribution in [3.05, 3.63) is 41.3 Å². The van der Waals surface area contributed by atoms with Gasteiger partial charge in [0, 0.05) is 17.5 Å². The molecule has 0 spiro atoms. The maximum Gasteiger partial charge on any atom is 0.163 e. The van der Waals surface area contributed by atoms with Gasteiger partial charge in [0.05, 0.1) is 5.39 Å². The van der Waals surface area contributed by atoms with Crippen LogP contribution in [0.3, 0.4) is 0 Å². The minimum atomic E-state index is 0.780. The highest BCUT2D eigenvalue weighted by atomic mass is 32.1. The molecule has 19 heavy (non-hydrogen) atoms. The molecule has 96 valence electrons. The van der Waals surface area contributed by atoms with E-state index in [1.807, 2.05) is 37.4 Å². The van der Waals surface area contributed by atoms with Crippen molar-refractivity contribution in [3.8, 4) is 11.4 Å². The summed E-state index contributed by atoms with van der Waals surface area (Å²) in [7, 11) is 1.90. The third kappa shape index (κ3) is 2.19. The SMILES string of the molecule is CCc1cc2c(NC)nc(-c3ccccc3)nc2s1. The Hall–Kier alpha value is -1.94. The largest absolute Gasteiger partial charge is 0.372 e. The van der Waals surface area contributed by atoms with Crippen molar-refractivity contribution >= 4 is 27.4 Å². The van der Waals surface area contributed by atoms with Crippen LogP contribution in [-0.2, 0) is 6.42 Å². The Labute approximate surface area is 116 Å². The summed E-state index contributed by atoms with van der Waals surface area (Å²) in [5.74, 6) is 1.68. The highest BCUT2D eigenvalue weighted by molar-refractivity contribution is 7.18. The van der Waals surface area contributed by atoms with Gasteiger partial charge < -0.3 is 5.32 Å². The molecule has 1 N–H and O–H groups in total. The second-order valence-electron chi connectivity index (χ2n) is 4.30. The maximum absolute atomic E-state index is 4.69. The van der Waals surface area contributed by atoms with Crippen molar-refractivity contribution in [1.82, 2.24) is 9.97 Å². The second-order valence-corrected chi connectivity index (χ2v) is 5.41. The molecule has 0 atom stereocenters. The van der Waals surface area contributed by atoms with Crippen LogP contribution in [0.1, 0.15) is 11.8 Å². The fourth-order valence-corrected chi connectivity index (χ4v) is 3.02. The van der Waals surface area contributed by atoms with Crippen LogP contribution >= 0.6 is 11.3 Å². The van der Waals surface area contributed by atoms with E-state index < -0.39 is 0 Å². The van der Waals surface area contributed by atoms with Gasteiger partial charge in [0.1, 0.15) is 10.6 Å². The summed E-state index contributed by atoms with van der Waals surface area (Å²) in [6.07, 6.45) is 1.03. The molecule has 0 aliphatic carbocycles. The first kappa shape index (κ1) is 12.1. The summed E-state index contributed by atoms with van der Waals surface area (Å²) < 4.78 is 0. The van der Waals surface area contributed by atoms with E-state index in [-0.39, 0.29) is 0 Å². The van der Waals surface area contributed by atoms with Crippen molar-refractivity contribution in [1.29, 1.82) is 0 Å². The average Bonchev–Trinajstić information content (AvgIpc) is 2.90. The number of fused-ring (bicyclic) bond motifs is 1. The Kier molecular flexibility index (Phi) is 3.17. The standard InChI is InChI=1S/C15H15N3S/c1-3-11-9-12-14(16-2)17-13(18-15(12)19-11)10-7-5-4-6-8-10/h4-9H,3H2,1-2H3,(H,16,17,18). The highest BCUT2D eigenvalue weighted by Gasteiger charge is 2.11. The van der Waals surface area contributed by atoms with E-state index in [1.165, 1.54) is 4.88 Å². The first-order valence-electron chi connectivity index (χ1n) is 6.35. The number of thiophene rings is 1. The molecule has 0 bridgehead atoms. The molecule has 2 aromatic heterocycles. The van der Waals surface area contributed by atoms with Gasteiger partial charge in [-0.3, -0.25) is 0 Å².